The van der Waals surface area contributed by atoms with Gasteiger partial charge in [0.2, 0.25) is 0 Å². The summed E-state index contributed by atoms with van der Waals surface area (Å²) in [4.78, 5) is 15.9. The summed E-state index contributed by atoms with van der Waals surface area (Å²) in [6, 6.07) is 9.24. The number of hydrogen-bond acceptors (Lipinski definition) is 3. The average Bonchev–Trinajstić information content (AvgIpc) is 2.38. The summed E-state index contributed by atoms with van der Waals surface area (Å²) < 4.78 is 0. The number of nitrogens with one attached hydrogen (secondary N) is 1. The van der Waals surface area contributed by atoms with E-state index < -0.39 is 0 Å². The fourth-order valence-electron chi connectivity index (χ4n) is 1.92. The summed E-state index contributed by atoms with van der Waals surface area (Å²) in [6.45, 7) is 2.51. The molecule has 0 saturated carbocycles. The third-order valence-electron chi connectivity index (χ3n) is 2.81. The van der Waals surface area contributed by atoms with E-state index in [1.54, 1.807) is 18.5 Å². The molecule has 0 saturated heterocycles. The Hall–Kier alpha value is -2.36. The number of carbonyl (C=O) groups excluding carboxylic acids is 1. The van der Waals surface area contributed by atoms with Crippen LogP contribution in [-0.4, -0.2) is 17.4 Å². The smallest absolute Gasteiger partial charge is 0.251 e. The molecule has 1 amide bonds. The van der Waals surface area contributed by atoms with Crippen molar-refractivity contribution in [2.75, 3.05) is 12.3 Å². The number of benzene rings is 1. The monoisotopic (exact) mass is 255 g/mol. The van der Waals surface area contributed by atoms with Crippen molar-refractivity contribution in [3.05, 3.63) is 59.4 Å². The van der Waals surface area contributed by atoms with Crippen LogP contribution in [0.1, 0.15) is 21.5 Å². The Morgan fingerprint density at radius 3 is 2.68 bits per heavy atom. The van der Waals surface area contributed by atoms with E-state index in [1.165, 1.54) is 0 Å². The van der Waals surface area contributed by atoms with Crippen molar-refractivity contribution in [3.8, 4) is 0 Å². The highest BCUT2D eigenvalue weighted by atomic mass is 16.1. The number of aromatic nitrogens is 1. The number of carbonyl (C=O) groups is 1. The maximum atomic E-state index is 12.0. The lowest BCUT2D eigenvalue weighted by molar-refractivity contribution is 0.0954. The van der Waals surface area contributed by atoms with Gasteiger partial charge in [-0.3, -0.25) is 9.78 Å². The van der Waals surface area contributed by atoms with Gasteiger partial charge in [0.15, 0.2) is 0 Å². The molecule has 1 aromatic heterocycles. The molecule has 98 valence electrons. The van der Waals surface area contributed by atoms with Gasteiger partial charge in [-0.15, -0.1) is 0 Å². The molecule has 1 heterocycles. The van der Waals surface area contributed by atoms with Crippen molar-refractivity contribution < 1.29 is 4.79 Å². The van der Waals surface area contributed by atoms with Crippen molar-refractivity contribution >= 4 is 11.6 Å². The Bertz CT molecular complexity index is 547. The lowest BCUT2D eigenvalue weighted by Gasteiger charge is -2.07. The lowest BCUT2D eigenvalue weighted by Crippen LogP contribution is -2.25. The SMILES string of the molecule is Cc1cc(N)cc(C(=O)NCCc2ccncc2)c1. The molecule has 0 fully saturated rings. The van der Waals surface area contributed by atoms with Crippen LogP contribution in [-0.2, 0) is 6.42 Å². The minimum atomic E-state index is -0.0931. The molecular formula is C15H17N3O. The van der Waals surface area contributed by atoms with Gasteiger partial charge in [-0.25, -0.2) is 0 Å². The second kappa shape index (κ2) is 6.00. The number of aryl methyl sites for hydroxylation is 1. The summed E-state index contributed by atoms with van der Waals surface area (Å²) in [7, 11) is 0. The van der Waals surface area contributed by atoms with Gasteiger partial charge in [-0.05, 0) is 54.8 Å². The highest BCUT2D eigenvalue weighted by Crippen LogP contribution is 2.11. The average molecular weight is 255 g/mol. The van der Waals surface area contributed by atoms with E-state index >= 15 is 0 Å². The molecule has 2 aromatic rings. The van der Waals surface area contributed by atoms with Crippen LogP contribution in [0.2, 0.25) is 0 Å². The van der Waals surface area contributed by atoms with E-state index in [4.69, 9.17) is 5.73 Å². The number of nitrogen functional groups attached to an aromatic ring is 1. The first-order valence-corrected chi connectivity index (χ1v) is 6.19. The zero-order chi connectivity index (χ0) is 13.7. The number of anilines is 1. The Labute approximate surface area is 112 Å². The molecule has 4 nitrogen and oxygen atoms in total. The molecule has 3 N–H and O–H groups in total. The molecule has 0 unspecified atom stereocenters. The molecule has 1 aromatic carbocycles. The Morgan fingerprint density at radius 2 is 2.00 bits per heavy atom. The molecule has 0 atom stereocenters. The van der Waals surface area contributed by atoms with Crippen molar-refractivity contribution in [2.24, 2.45) is 0 Å². The Morgan fingerprint density at radius 1 is 1.26 bits per heavy atom. The second-order valence-corrected chi connectivity index (χ2v) is 4.49. The van der Waals surface area contributed by atoms with Crippen molar-refractivity contribution in [1.29, 1.82) is 0 Å². The predicted molar refractivity (Wildman–Crippen MR) is 75.9 cm³/mol. The van der Waals surface area contributed by atoms with Crippen LogP contribution in [0, 0.1) is 6.92 Å². The minimum Gasteiger partial charge on any atom is -0.399 e. The first-order chi connectivity index (χ1) is 9.15. The molecular weight excluding hydrogens is 238 g/mol. The number of rotatable bonds is 4. The maximum absolute atomic E-state index is 12.0. The number of hydrogen-bond donors (Lipinski definition) is 2. The predicted octanol–water partition coefficient (Wildman–Crippen LogP) is 1.94. The number of nitrogens with zero attached hydrogens (tertiary/aromatic N) is 1. The highest BCUT2D eigenvalue weighted by Gasteiger charge is 2.06. The fraction of sp³-hybridized carbons (Fsp3) is 0.200. The third-order valence-corrected chi connectivity index (χ3v) is 2.81. The van der Waals surface area contributed by atoms with Gasteiger partial charge < -0.3 is 11.1 Å². The molecule has 0 aliphatic rings. The fourth-order valence-corrected chi connectivity index (χ4v) is 1.92. The van der Waals surface area contributed by atoms with E-state index in [-0.39, 0.29) is 5.91 Å². The number of pyridine rings is 1. The zero-order valence-corrected chi connectivity index (χ0v) is 10.9. The van der Waals surface area contributed by atoms with Gasteiger partial charge in [-0.1, -0.05) is 0 Å². The van der Waals surface area contributed by atoms with Gasteiger partial charge in [0, 0.05) is 30.2 Å². The van der Waals surface area contributed by atoms with E-state index in [0.29, 0.717) is 17.8 Å². The van der Waals surface area contributed by atoms with E-state index in [2.05, 4.69) is 10.3 Å². The second-order valence-electron chi connectivity index (χ2n) is 4.49. The zero-order valence-electron chi connectivity index (χ0n) is 10.9. The summed E-state index contributed by atoms with van der Waals surface area (Å²) in [5.74, 6) is -0.0931. The van der Waals surface area contributed by atoms with Crippen LogP contribution in [0.25, 0.3) is 0 Å². The first-order valence-electron chi connectivity index (χ1n) is 6.19. The highest BCUT2D eigenvalue weighted by molar-refractivity contribution is 5.95. The largest absolute Gasteiger partial charge is 0.399 e. The van der Waals surface area contributed by atoms with Gasteiger partial charge in [-0.2, -0.15) is 0 Å². The van der Waals surface area contributed by atoms with Gasteiger partial charge in [0.1, 0.15) is 0 Å². The van der Waals surface area contributed by atoms with Crippen molar-refractivity contribution in [2.45, 2.75) is 13.3 Å². The van der Waals surface area contributed by atoms with Crippen LogP contribution in [0.4, 0.5) is 5.69 Å². The van der Waals surface area contributed by atoms with Gasteiger partial charge in [0.05, 0.1) is 0 Å². The van der Waals surface area contributed by atoms with Crippen LogP contribution >= 0.6 is 0 Å². The third kappa shape index (κ3) is 3.81. The summed E-state index contributed by atoms with van der Waals surface area (Å²) in [5, 5.41) is 2.89. The molecule has 0 radical (unpaired) electrons. The number of nitrogens with two attached hydrogens (primary N) is 1. The number of amides is 1. The van der Waals surface area contributed by atoms with Gasteiger partial charge in [0.25, 0.3) is 5.91 Å². The Kier molecular flexibility index (Phi) is 4.13. The molecule has 0 aliphatic carbocycles. The normalized spacial score (nSPS) is 10.2. The van der Waals surface area contributed by atoms with E-state index in [1.807, 2.05) is 31.2 Å². The summed E-state index contributed by atoms with van der Waals surface area (Å²) in [5.41, 5.74) is 9.08. The topological polar surface area (TPSA) is 68.0 Å². The van der Waals surface area contributed by atoms with Crippen molar-refractivity contribution in [1.82, 2.24) is 10.3 Å². The Balaban J connectivity index is 1.91. The lowest BCUT2D eigenvalue weighted by atomic mass is 10.1. The van der Waals surface area contributed by atoms with Crippen LogP contribution in [0.3, 0.4) is 0 Å². The van der Waals surface area contributed by atoms with E-state index in [9.17, 15) is 4.79 Å². The minimum absolute atomic E-state index is 0.0931. The standard InChI is InChI=1S/C15H17N3O/c1-11-8-13(10-14(16)9-11)15(19)18-7-4-12-2-5-17-6-3-12/h2-3,5-6,8-10H,4,7,16H2,1H3,(H,18,19). The molecule has 4 heteroatoms. The summed E-state index contributed by atoms with van der Waals surface area (Å²) in [6.07, 6.45) is 4.28. The van der Waals surface area contributed by atoms with E-state index in [0.717, 1.165) is 17.5 Å². The summed E-state index contributed by atoms with van der Waals surface area (Å²) >= 11 is 0. The van der Waals surface area contributed by atoms with Gasteiger partial charge >= 0.3 is 0 Å². The molecule has 0 spiro atoms. The molecule has 0 bridgehead atoms. The molecule has 19 heavy (non-hydrogen) atoms. The van der Waals surface area contributed by atoms with Crippen LogP contribution < -0.4 is 11.1 Å². The molecule has 2 rings (SSSR count). The van der Waals surface area contributed by atoms with Crippen LogP contribution in [0.5, 0.6) is 0 Å². The van der Waals surface area contributed by atoms with Crippen molar-refractivity contribution in [3.63, 3.8) is 0 Å². The first kappa shape index (κ1) is 13.1. The maximum Gasteiger partial charge on any atom is 0.251 e. The molecule has 0 aliphatic heterocycles. The quantitative estimate of drug-likeness (QED) is 0.820. The van der Waals surface area contributed by atoms with Crippen LogP contribution in [0.15, 0.2) is 42.7 Å².